The third-order valence-corrected chi connectivity index (χ3v) is 6.62. The number of anilines is 1. The molecule has 160 valence electrons. The first kappa shape index (κ1) is 20.4. The summed E-state index contributed by atoms with van der Waals surface area (Å²) in [6.07, 6.45) is 4.06. The van der Waals surface area contributed by atoms with Gasteiger partial charge in [0.15, 0.2) is 6.61 Å². The summed E-state index contributed by atoms with van der Waals surface area (Å²) in [5.41, 5.74) is 0.990. The maximum absolute atomic E-state index is 12.9. The Morgan fingerprint density at radius 2 is 1.97 bits per heavy atom. The van der Waals surface area contributed by atoms with Crippen LogP contribution in [0.5, 0.6) is 0 Å². The number of rotatable bonds is 4. The lowest BCUT2D eigenvalue weighted by atomic mass is 9.73. The standard InChI is InChI=1S/C22H27N3O5/c1-14-7-5-6-10-22(14)20(28)24(21(29)23-22)12-19(27)30-13-18(26)25-15(2)11-16-8-3-4-9-17(16)25/h3-4,8-9,14-15H,5-7,10-13H2,1-2H3,(H,23,29). The number of amides is 4. The number of carbonyl (C=O) groups is 4. The van der Waals surface area contributed by atoms with Crippen molar-refractivity contribution < 1.29 is 23.9 Å². The highest BCUT2D eigenvalue weighted by atomic mass is 16.5. The highest BCUT2D eigenvalue weighted by Gasteiger charge is 2.55. The number of esters is 1. The zero-order valence-electron chi connectivity index (χ0n) is 17.3. The normalized spacial score (nSPS) is 27.9. The highest BCUT2D eigenvalue weighted by Crippen LogP contribution is 2.38. The Morgan fingerprint density at radius 1 is 1.20 bits per heavy atom. The van der Waals surface area contributed by atoms with Crippen LogP contribution in [0.15, 0.2) is 24.3 Å². The SMILES string of the molecule is CC1Cc2ccccc2N1C(=O)COC(=O)CN1C(=O)NC2(CCCCC2C)C1=O. The molecule has 1 spiro atoms. The predicted octanol–water partition coefficient (Wildman–Crippen LogP) is 2.01. The van der Waals surface area contributed by atoms with Crippen molar-refractivity contribution in [3.63, 3.8) is 0 Å². The van der Waals surface area contributed by atoms with E-state index in [1.54, 1.807) is 4.90 Å². The van der Waals surface area contributed by atoms with Gasteiger partial charge in [-0.3, -0.25) is 19.3 Å². The maximum atomic E-state index is 12.9. The van der Waals surface area contributed by atoms with Crippen molar-refractivity contribution >= 4 is 29.5 Å². The van der Waals surface area contributed by atoms with Gasteiger partial charge in [0, 0.05) is 11.7 Å². The molecule has 4 amide bonds. The minimum Gasteiger partial charge on any atom is -0.454 e. The van der Waals surface area contributed by atoms with Gasteiger partial charge in [-0.2, -0.15) is 0 Å². The summed E-state index contributed by atoms with van der Waals surface area (Å²) < 4.78 is 5.14. The molecule has 8 nitrogen and oxygen atoms in total. The fraction of sp³-hybridized carbons (Fsp3) is 0.545. The second-order valence-electron chi connectivity index (χ2n) is 8.55. The Bertz CT molecular complexity index is 901. The van der Waals surface area contributed by atoms with Gasteiger partial charge in [-0.05, 0) is 43.7 Å². The van der Waals surface area contributed by atoms with E-state index in [0.29, 0.717) is 6.42 Å². The molecule has 0 radical (unpaired) electrons. The molecule has 8 heteroatoms. The van der Waals surface area contributed by atoms with Gasteiger partial charge in [-0.15, -0.1) is 0 Å². The number of nitrogens with one attached hydrogen (secondary N) is 1. The average Bonchev–Trinajstić information content (AvgIpc) is 3.17. The third kappa shape index (κ3) is 3.34. The Hall–Kier alpha value is -2.90. The monoisotopic (exact) mass is 413 g/mol. The van der Waals surface area contributed by atoms with E-state index in [2.05, 4.69) is 5.32 Å². The summed E-state index contributed by atoms with van der Waals surface area (Å²) in [5.74, 6) is -1.45. The van der Waals surface area contributed by atoms with Gasteiger partial charge in [0.2, 0.25) is 0 Å². The lowest BCUT2D eigenvalue weighted by molar-refractivity contribution is -0.151. The first-order valence-electron chi connectivity index (χ1n) is 10.5. The molecule has 2 fully saturated rings. The smallest absolute Gasteiger partial charge is 0.326 e. The van der Waals surface area contributed by atoms with Crippen molar-refractivity contribution in [3.8, 4) is 0 Å². The number of ether oxygens (including phenoxy) is 1. The molecule has 3 atom stereocenters. The molecule has 1 aromatic carbocycles. The van der Waals surface area contributed by atoms with Crippen LogP contribution in [0.3, 0.4) is 0 Å². The van der Waals surface area contributed by atoms with Gasteiger partial charge in [0.1, 0.15) is 12.1 Å². The van der Waals surface area contributed by atoms with Gasteiger partial charge in [-0.1, -0.05) is 38.0 Å². The maximum Gasteiger partial charge on any atom is 0.326 e. The molecule has 0 aromatic heterocycles. The van der Waals surface area contributed by atoms with E-state index in [1.165, 1.54) is 0 Å². The Balaban J connectivity index is 1.36. The summed E-state index contributed by atoms with van der Waals surface area (Å²) in [6.45, 7) is 2.98. The number of carbonyl (C=O) groups excluding carboxylic acids is 4. The Morgan fingerprint density at radius 3 is 2.73 bits per heavy atom. The number of hydrogen-bond acceptors (Lipinski definition) is 5. The molecule has 3 unspecified atom stereocenters. The van der Waals surface area contributed by atoms with Gasteiger partial charge in [0.05, 0.1) is 0 Å². The number of nitrogens with zero attached hydrogens (tertiary/aromatic N) is 2. The lowest BCUT2D eigenvalue weighted by Gasteiger charge is -2.36. The molecular formula is C22H27N3O5. The molecule has 4 rings (SSSR count). The van der Waals surface area contributed by atoms with E-state index < -0.39 is 30.7 Å². The quantitative estimate of drug-likeness (QED) is 0.602. The molecule has 1 N–H and O–H groups in total. The number of urea groups is 1. The summed E-state index contributed by atoms with van der Waals surface area (Å²) in [6, 6.07) is 7.05. The fourth-order valence-electron chi connectivity index (χ4n) is 4.97. The second kappa shape index (κ2) is 7.74. The van der Waals surface area contributed by atoms with Crippen molar-refractivity contribution in [1.29, 1.82) is 0 Å². The van der Waals surface area contributed by atoms with Crippen LogP contribution in [0.25, 0.3) is 0 Å². The van der Waals surface area contributed by atoms with Crippen LogP contribution >= 0.6 is 0 Å². The van der Waals surface area contributed by atoms with Crippen LogP contribution in [0.4, 0.5) is 10.5 Å². The van der Waals surface area contributed by atoms with E-state index in [9.17, 15) is 19.2 Å². The largest absolute Gasteiger partial charge is 0.454 e. The number of fused-ring (bicyclic) bond motifs is 1. The fourth-order valence-corrected chi connectivity index (χ4v) is 4.97. The first-order chi connectivity index (χ1) is 14.3. The number of hydrogen-bond donors (Lipinski definition) is 1. The third-order valence-electron chi connectivity index (χ3n) is 6.62. The van der Waals surface area contributed by atoms with Crippen molar-refractivity contribution in [3.05, 3.63) is 29.8 Å². The van der Waals surface area contributed by atoms with E-state index >= 15 is 0 Å². The lowest BCUT2D eigenvalue weighted by Crippen LogP contribution is -2.54. The van der Waals surface area contributed by atoms with Gasteiger partial charge in [-0.25, -0.2) is 4.79 Å². The molecule has 3 aliphatic rings. The van der Waals surface area contributed by atoms with Crippen LogP contribution < -0.4 is 10.2 Å². The average molecular weight is 413 g/mol. The van der Waals surface area contributed by atoms with E-state index in [4.69, 9.17) is 4.74 Å². The van der Waals surface area contributed by atoms with Crippen LogP contribution in [0.1, 0.15) is 45.1 Å². The van der Waals surface area contributed by atoms with Crippen LogP contribution in [0.2, 0.25) is 0 Å². The molecule has 2 heterocycles. The summed E-state index contributed by atoms with van der Waals surface area (Å²) in [4.78, 5) is 52.8. The van der Waals surface area contributed by atoms with Gasteiger partial charge >= 0.3 is 12.0 Å². The summed E-state index contributed by atoms with van der Waals surface area (Å²) >= 11 is 0. The zero-order chi connectivity index (χ0) is 21.5. The molecule has 2 aliphatic heterocycles. The topological polar surface area (TPSA) is 96.0 Å². The number of benzene rings is 1. The van der Waals surface area contributed by atoms with E-state index in [1.807, 2.05) is 38.1 Å². The second-order valence-corrected chi connectivity index (χ2v) is 8.55. The Kier molecular flexibility index (Phi) is 5.26. The molecule has 1 saturated heterocycles. The molecule has 1 saturated carbocycles. The summed E-state index contributed by atoms with van der Waals surface area (Å²) in [5, 5.41) is 2.81. The van der Waals surface area contributed by atoms with Crippen LogP contribution in [0, 0.1) is 5.92 Å². The zero-order valence-corrected chi connectivity index (χ0v) is 17.3. The first-order valence-corrected chi connectivity index (χ1v) is 10.5. The van der Waals surface area contributed by atoms with Gasteiger partial charge in [0.25, 0.3) is 11.8 Å². The minimum atomic E-state index is -0.917. The molecule has 0 bridgehead atoms. The summed E-state index contributed by atoms with van der Waals surface area (Å²) in [7, 11) is 0. The number of para-hydroxylation sites is 1. The predicted molar refractivity (Wildman–Crippen MR) is 109 cm³/mol. The highest BCUT2D eigenvalue weighted by molar-refractivity contribution is 6.09. The van der Waals surface area contributed by atoms with Crippen molar-refractivity contribution in [2.45, 2.75) is 57.5 Å². The molecular weight excluding hydrogens is 386 g/mol. The Labute approximate surface area is 175 Å². The number of imide groups is 1. The molecule has 30 heavy (non-hydrogen) atoms. The van der Waals surface area contributed by atoms with E-state index in [0.717, 1.165) is 41.8 Å². The van der Waals surface area contributed by atoms with Crippen LogP contribution in [-0.4, -0.2) is 53.4 Å². The van der Waals surface area contributed by atoms with Crippen molar-refractivity contribution in [2.24, 2.45) is 5.92 Å². The van der Waals surface area contributed by atoms with Gasteiger partial charge < -0.3 is 15.0 Å². The van der Waals surface area contributed by atoms with Crippen LogP contribution in [-0.2, 0) is 25.5 Å². The van der Waals surface area contributed by atoms with E-state index in [-0.39, 0.29) is 23.8 Å². The van der Waals surface area contributed by atoms with Crippen molar-refractivity contribution in [1.82, 2.24) is 10.2 Å². The van der Waals surface area contributed by atoms with Crippen molar-refractivity contribution in [2.75, 3.05) is 18.1 Å². The molecule has 1 aromatic rings. The molecule has 1 aliphatic carbocycles. The minimum absolute atomic E-state index is 0.0158.